The highest BCUT2D eigenvalue weighted by atomic mass is 19.3. The summed E-state index contributed by atoms with van der Waals surface area (Å²) in [5, 5.41) is 0. The molecule has 1 aromatic heterocycles. The van der Waals surface area contributed by atoms with Crippen LogP contribution in [0.5, 0.6) is 0 Å². The Morgan fingerprint density at radius 3 is 2.85 bits per heavy atom. The highest BCUT2D eigenvalue weighted by Gasteiger charge is 2.43. The molecule has 1 aromatic rings. The first-order valence-electron chi connectivity index (χ1n) is 3.66. The monoisotopic (exact) mass is 190 g/mol. The number of halogens is 2. The molecule has 0 radical (unpaired) electrons. The van der Waals surface area contributed by atoms with Crippen LogP contribution in [0.3, 0.4) is 0 Å². The van der Waals surface area contributed by atoms with E-state index in [1.165, 1.54) is 6.92 Å². The van der Waals surface area contributed by atoms with Gasteiger partial charge in [-0.3, -0.25) is 0 Å². The van der Waals surface area contributed by atoms with Crippen molar-refractivity contribution >= 4 is 5.97 Å². The number of hydrogen-bond acceptors (Lipinski definition) is 3. The fraction of sp³-hybridized carbons (Fsp3) is 0.375. The van der Waals surface area contributed by atoms with Crippen LogP contribution in [-0.2, 0) is 15.5 Å². The van der Waals surface area contributed by atoms with Crippen LogP contribution in [0.1, 0.15) is 12.5 Å². The molecule has 3 nitrogen and oxygen atoms in total. The molecule has 0 aliphatic heterocycles. The predicted molar refractivity (Wildman–Crippen MR) is 39.2 cm³/mol. The van der Waals surface area contributed by atoms with Crippen LogP contribution in [0.4, 0.5) is 8.78 Å². The largest absolute Gasteiger partial charge is 0.472 e. The molecule has 1 rings (SSSR count). The van der Waals surface area contributed by atoms with Crippen LogP contribution in [-0.4, -0.2) is 12.6 Å². The minimum absolute atomic E-state index is 0.0771. The van der Waals surface area contributed by atoms with E-state index in [9.17, 15) is 13.6 Å². The van der Waals surface area contributed by atoms with Gasteiger partial charge in [0.25, 0.3) is 0 Å². The molecule has 0 spiro atoms. The second kappa shape index (κ2) is 3.55. The molecule has 0 aliphatic carbocycles. The van der Waals surface area contributed by atoms with Gasteiger partial charge in [0.05, 0.1) is 18.4 Å². The molecule has 0 bridgehead atoms. The third-order valence-corrected chi connectivity index (χ3v) is 1.42. The maximum atomic E-state index is 13.0. The smallest absolute Gasteiger partial charge is 0.382 e. The van der Waals surface area contributed by atoms with Gasteiger partial charge in [-0.1, -0.05) is 0 Å². The summed E-state index contributed by atoms with van der Waals surface area (Å²) in [6.07, 6.45) is 1.89. The fourth-order valence-corrected chi connectivity index (χ4v) is 0.783. The van der Waals surface area contributed by atoms with Crippen molar-refractivity contribution < 1.29 is 22.7 Å². The van der Waals surface area contributed by atoms with E-state index < -0.39 is 17.5 Å². The first-order valence-corrected chi connectivity index (χ1v) is 3.66. The van der Waals surface area contributed by atoms with Crippen molar-refractivity contribution in [1.29, 1.82) is 0 Å². The number of carbonyl (C=O) groups is 1. The van der Waals surface area contributed by atoms with Crippen LogP contribution in [0.25, 0.3) is 0 Å². The summed E-state index contributed by atoms with van der Waals surface area (Å²) < 4.78 is 34.7. The van der Waals surface area contributed by atoms with Crippen molar-refractivity contribution in [2.24, 2.45) is 0 Å². The second-order valence-corrected chi connectivity index (χ2v) is 2.31. The lowest BCUT2D eigenvalue weighted by atomic mass is 10.2. The molecule has 0 fully saturated rings. The van der Waals surface area contributed by atoms with Crippen molar-refractivity contribution in [1.82, 2.24) is 0 Å². The Labute approximate surface area is 73.3 Å². The maximum Gasteiger partial charge on any atom is 0.382 e. The lowest BCUT2D eigenvalue weighted by Gasteiger charge is -2.11. The molecule has 72 valence electrons. The van der Waals surface area contributed by atoms with Gasteiger partial charge in [-0.05, 0) is 13.0 Å². The van der Waals surface area contributed by atoms with E-state index in [1.54, 1.807) is 0 Å². The first-order chi connectivity index (χ1) is 6.09. The highest BCUT2D eigenvalue weighted by molar-refractivity contribution is 5.79. The summed E-state index contributed by atoms with van der Waals surface area (Å²) in [5.74, 6) is -5.18. The van der Waals surface area contributed by atoms with Gasteiger partial charge < -0.3 is 9.15 Å². The average molecular weight is 190 g/mol. The maximum absolute atomic E-state index is 13.0. The van der Waals surface area contributed by atoms with Crippen molar-refractivity contribution in [3.05, 3.63) is 24.2 Å². The van der Waals surface area contributed by atoms with E-state index in [2.05, 4.69) is 9.15 Å². The highest BCUT2D eigenvalue weighted by Crippen LogP contribution is 2.29. The summed E-state index contributed by atoms with van der Waals surface area (Å²) in [6.45, 7) is 1.38. The fourth-order valence-electron chi connectivity index (χ4n) is 0.783. The summed E-state index contributed by atoms with van der Waals surface area (Å²) in [4.78, 5) is 10.7. The SMILES string of the molecule is CCOC(=O)C(F)(F)c1ccoc1. The summed E-state index contributed by atoms with van der Waals surface area (Å²) >= 11 is 0. The van der Waals surface area contributed by atoms with Crippen LogP contribution < -0.4 is 0 Å². The third-order valence-electron chi connectivity index (χ3n) is 1.42. The van der Waals surface area contributed by atoms with Crippen molar-refractivity contribution in [3.63, 3.8) is 0 Å². The zero-order valence-corrected chi connectivity index (χ0v) is 6.92. The Morgan fingerprint density at radius 2 is 2.38 bits per heavy atom. The van der Waals surface area contributed by atoms with Crippen LogP contribution in [0, 0.1) is 0 Å². The average Bonchev–Trinajstić information content (AvgIpc) is 2.56. The lowest BCUT2D eigenvalue weighted by molar-refractivity contribution is -0.173. The lowest BCUT2D eigenvalue weighted by Crippen LogP contribution is -2.27. The third kappa shape index (κ3) is 1.85. The number of hydrogen-bond donors (Lipinski definition) is 0. The van der Waals surface area contributed by atoms with E-state index in [0.29, 0.717) is 0 Å². The Morgan fingerprint density at radius 1 is 1.69 bits per heavy atom. The molecule has 0 saturated carbocycles. The molecular weight excluding hydrogens is 182 g/mol. The molecule has 0 N–H and O–H groups in total. The minimum Gasteiger partial charge on any atom is -0.472 e. The van der Waals surface area contributed by atoms with E-state index in [-0.39, 0.29) is 6.61 Å². The molecule has 0 amide bonds. The number of rotatable bonds is 3. The molecule has 1 heterocycles. The molecule has 5 heteroatoms. The minimum atomic E-state index is -3.62. The predicted octanol–water partition coefficient (Wildman–Crippen LogP) is 1.93. The molecule has 0 aromatic carbocycles. The van der Waals surface area contributed by atoms with E-state index in [1.807, 2.05) is 0 Å². The topological polar surface area (TPSA) is 39.4 Å². The zero-order valence-electron chi connectivity index (χ0n) is 6.92. The van der Waals surface area contributed by atoms with Crippen LogP contribution >= 0.6 is 0 Å². The van der Waals surface area contributed by atoms with Gasteiger partial charge in [0.1, 0.15) is 6.26 Å². The van der Waals surface area contributed by atoms with Gasteiger partial charge in [0.15, 0.2) is 0 Å². The zero-order chi connectivity index (χ0) is 9.90. The summed E-state index contributed by atoms with van der Waals surface area (Å²) in [6, 6.07) is 1.02. The van der Waals surface area contributed by atoms with Gasteiger partial charge in [-0.25, -0.2) is 4.79 Å². The Kier molecular flexibility index (Phi) is 2.65. The van der Waals surface area contributed by atoms with Gasteiger partial charge in [0, 0.05) is 0 Å². The normalized spacial score (nSPS) is 11.3. The number of esters is 1. The van der Waals surface area contributed by atoms with Gasteiger partial charge >= 0.3 is 11.9 Å². The molecule has 13 heavy (non-hydrogen) atoms. The Hall–Kier alpha value is -1.39. The van der Waals surface area contributed by atoms with Crippen molar-refractivity contribution in [2.45, 2.75) is 12.8 Å². The Bertz CT molecular complexity index is 280. The molecule has 0 aliphatic rings. The van der Waals surface area contributed by atoms with Crippen LogP contribution in [0.15, 0.2) is 23.0 Å². The quantitative estimate of drug-likeness (QED) is 0.683. The van der Waals surface area contributed by atoms with Gasteiger partial charge in [-0.2, -0.15) is 8.78 Å². The summed E-state index contributed by atoms with van der Waals surface area (Å²) in [7, 11) is 0. The van der Waals surface area contributed by atoms with Gasteiger partial charge in [-0.15, -0.1) is 0 Å². The van der Waals surface area contributed by atoms with E-state index in [4.69, 9.17) is 0 Å². The second-order valence-electron chi connectivity index (χ2n) is 2.31. The standard InChI is InChI=1S/C8H8F2O3/c1-2-13-7(11)8(9,10)6-3-4-12-5-6/h3-5H,2H2,1H3. The number of alkyl halides is 2. The van der Waals surface area contributed by atoms with E-state index in [0.717, 1.165) is 18.6 Å². The molecule has 0 unspecified atom stereocenters. The van der Waals surface area contributed by atoms with E-state index >= 15 is 0 Å². The first kappa shape index (κ1) is 9.70. The number of furan rings is 1. The summed E-state index contributed by atoms with van der Waals surface area (Å²) in [5.41, 5.74) is -0.494. The molecular formula is C8H8F2O3. The van der Waals surface area contributed by atoms with Crippen molar-refractivity contribution in [3.8, 4) is 0 Å². The van der Waals surface area contributed by atoms with Gasteiger partial charge in [0.2, 0.25) is 0 Å². The van der Waals surface area contributed by atoms with Crippen LogP contribution in [0.2, 0.25) is 0 Å². The molecule has 0 atom stereocenters. The number of ether oxygens (including phenoxy) is 1. The van der Waals surface area contributed by atoms with Crippen molar-refractivity contribution in [2.75, 3.05) is 6.61 Å². The Balaban J connectivity index is 2.82. The molecule has 0 saturated heterocycles. The number of carbonyl (C=O) groups excluding carboxylic acids is 1.